The lowest BCUT2D eigenvalue weighted by Gasteiger charge is -2.22. The highest BCUT2D eigenvalue weighted by molar-refractivity contribution is 5.85. The van der Waals surface area contributed by atoms with Crippen LogP contribution in [0.3, 0.4) is 0 Å². The minimum atomic E-state index is -0.194. The number of nitrogens with one attached hydrogen (secondary N) is 2. The molecule has 1 heterocycles. The SMILES string of the molecule is CC(CN)C(=O)NC(c1nc2ccccc2[nH]1)C(C)C.Cl.Cl. The normalized spacial score (nSPS) is 13.1. The number of carbonyl (C=O) groups is 1. The average molecular weight is 347 g/mol. The summed E-state index contributed by atoms with van der Waals surface area (Å²) in [5, 5.41) is 3.03. The van der Waals surface area contributed by atoms with Crippen LogP contribution >= 0.6 is 24.8 Å². The van der Waals surface area contributed by atoms with Crippen LogP contribution in [0.1, 0.15) is 32.6 Å². The molecule has 2 unspecified atom stereocenters. The highest BCUT2D eigenvalue weighted by Crippen LogP contribution is 2.22. The molecule has 1 aromatic carbocycles. The van der Waals surface area contributed by atoms with Crippen LogP contribution in [0.4, 0.5) is 0 Å². The zero-order valence-electron chi connectivity index (χ0n) is 13.0. The number of rotatable bonds is 5. The number of carbonyl (C=O) groups excluding carboxylic acids is 1. The quantitative estimate of drug-likeness (QED) is 0.778. The first-order valence-electron chi connectivity index (χ1n) is 6.98. The molecular weight excluding hydrogens is 323 g/mol. The second-order valence-electron chi connectivity index (χ2n) is 5.51. The molecule has 1 amide bonds. The average Bonchev–Trinajstić information content (AvgIpc) is 2.86. The number of imidazole rings is 1. The van der Waals surface area contributed by atoms with E-state index in [4.69, 9.17) is 5.73 Å². The summed E-state index contributed by atoms with van der Waals surface area (Å²) in [6.45, 7) is 6.29. The van der Waals surface area contributed by atoms with E-state index in [0.717, 1.165) is 16.9 Å². The van der Waals surface area contributed by atoms with Gasteiger partial charge in [-0.3, -0.25) is 4.79 Å². The van der Waals surface area contributed by atoms with Crippen LogP contribution in [0.15, 0.2) is 24.3 Å². The van der Waals surface area contributed by atoms with Gasteiger partial charge in [-0.2, -0.15) is 0 Å². The van der Waals surface area contributed by atoms with E-state index in [9.17, 15) is 4.79 Å². The molecule has 0 aliphatic carbocycles. The number of hydrogen-bond acceptors (Lipinski definition) is 3. The Hall–Kier alpha value is -1.30. The Bertz CT molecular complexity index is 567. The van der Waals surface area contributed by atoms with E-state index < -0.39 is 0 Å². The lowest BCUT2D eigenvalue weighted by Crippen LogP contribution is -2.38. The smallest absolute Gasteiger partial charge is 0.224 e. The molecule has 2 aromatic rings. The predicted molar refractivity (Wildman–Crippen MR) is 94.5 cm³/mol. The van der Waals surface area contributed by atoms with Crippen molar-refractivity contribution in [3.63, 3.8) is 0 Å². The van der Waals surface area contributed by atoms with E-state index in [1.165, 1.54) is 0 Å². The van der Waals surface area contributed by atoms with Crippen molar-refractivity contribution in [2.45, 2.75) is 26.8 Å². The number of amides is 1. The number of benzene rings is 1. The van der Waals surface area contributed by atoms with Crippen molar-refractivity contribution < 1.29 is 4.79 Å². The third-order valence-electron chi connectivity index (χ3n) is 3.47. The molecule has 0 aliphatic heterocycles. The van der Waals surface area contributed by atoms with Crippen LogP contribution in [0.5, 0.6) is 0 Å². The first kappa shape index (κ1) is 20.7. The summed E-state index contributed by atoms with van der Waals surface area (Å²) in [5.41, 5.74) is 7.43. The van der Waals surface area contributed by atoms with Crippen LogP contribution in [0.2, 0.25) is 0 Å². The van der Waals surface area contributed by atoms with Crippen molar-refractivity contribution in [2.75, 3.05) is 6.54 Å². The first-order valence-corrected chi connectivity index (χ1v) is 6.98. The molecule has 0 fully saturated rings. The number of H-pyrrole nitrogens is 1. The van der Waals surface area contributed by atoms with Gasteiger partial charge in [0.1, 0.15) is 5.82 Å². The number of nitrogens with zero attached hydrogens (tertiary/aromatic N) is 1. The maximum Gasteiger partial charge on any atom is 0.224 e. The number of hydrogen-bond donors (Lipinski definition) is 3. The summed E-state index contributed by atoms with van der Waals surface area (Å²) in [6.07, 6.45) is 0. The topological polar surface area (TPSA) is 83.8 Å². The van der Waals surface area contributed by atoms with Crippen LogP contribution in [-0.4, -0.2) is 22.4 Å². The summed E-state index contributed by atoms with van der Waals surface area (Å²) in [4.78, 5) is 19.9. The number of halogens is 2. The minimum absolute atomic E-state index is 0. The van der Waals surface area contributed by atoms with Gasteiger partial charge in [-0.05, 0) is 18.1 Å². The van der Waals surface area contributed by atoms with Crippen molar-refractivity contribution >= 4 is 41.8 Å². The number of aromatic amines is 1. The van der Waals surface area contributed by atoms with Gasteiger partial charge in [0.25, 0.3) is 0 Å². The van der Waals surface area contributed by atoms with Gasteiger partial charge in [0.05, 0.1) is 17.1 Å². The Morgan fingerprint density at radius 2 is 1.91 bits per heavy atom. The molecule has 0 saturated heterocycles. The van der Waals surface area contributed by atoms with Crippen LogP contribution in [0, 0.1) is 11.8 Å². The molecule has 7 heteroatoms. The summed E-state index contributed by atoms with van der Waals surface area (Å²) in [7, 11) is 0. The van der Waals surface area contributed by atoms with Crippen LogP contribution in [-0.2, 0) is 4.79 Å². The lowest BCUT2D eigenvalue weighted by molar-refractivity contribution is -0.125. The second kappa shape index (κ2) is 8.98. The fourth-order valence-corrected chi connectivity index (χ4v) is 2.07. The molecule has 1 aromatic heterocycles. The maximum absolute atomic E-state index is 12.0. The first-order chi connectivity index (χ1) is 9.52. The van der Waals surface area contributed by atoms with Gasteiger partial charge >= 0.3 is 0 Å². The van der Waals surface area contributed by atoms with E-state index >= 15 is 0 Å². The maximum atomic E-state index is 12.0. The molecule has 4 N–H and O–H groups in total. The monoisotopic (exact) mass is 346 g/mol. The molecule has 2 rings (SSSR count). The molecule has 2 atom stereocenters. The van der Waals surface area contributed by atoms with Crippen LogP contribution < -0.4 is 11.1 Å². The molecule has 0 aliphatic rings. The number of fused-ring (bicyclic) bond motifs is 1. The van der Waals surface area contributed by atoms with Crippen LogP contribution in [0.25, 0.3) is 11.0 Å². The van der Waals surface area contributed by atoms with E-state index in [1.54, 1.807) is 0 Å². The van der Waals surface area contributed by atoms with E-state index in [-0.39, 0.29) is 48.6 Å². The Balaban J connectivity index is 0.00000220. The Morgan fingerprint density at radius 1 is 1.27 bits per heavy atom. The van der Waals surface area contributed by atoms with Gasteiger partial charge in [0, 0.05) is 12.5 Å². The Morgan fingerprint density at radius 3 is 2.45 bits per heavy atom. The number of para-hydroxylation sites is 2. The summed E-state index contributed by atoms with van der Waals surface area (Å²) in [6, 6.07) is 7.71. The standard InChI is InChI=1S/C15H22N4O.2ClH/c1-9(2)13(19-15(20)10(3)8-16)14-17-11-6-4-5-7-12(11)18-14;;/h4-7,9-10,13H,8,16H2,1-3H3,(H,17,18)(H,19,20);2*1H. The van der Waals surface area contributed by atoms with Gasteiger partial charge in [0.2, 0.25) is 5.91 Å². The van der Waals surface area contributed by atoms with E-state index in [2.05, 4.69) is 29.1 Å². The van der Waals surface area contributed by atoms with Crippen molar-refractivity contribution in [1.29, 1.82) is 0 Å². The molecule has 0 radical (unpaired) electrons. The van der Waals surface area contributed by atoms with E-state index in [1.807, 2.05) is 31.2 Å². The van der Waals surface area contributed by atoms with Crippen molar-refractivity contribution in [2.24, 2.45) is 17.6 Å². The third-order valence-corrected chi connectivity index (χ3v) is 3.47. The minimum Gasteiger partial charge on any atom is -0.346 e. The van der Waals surface area contributed by atoms with Crippen molar-refractivity contribution in [1.82, 2.24) is 15.3 Å². The second-order valence-corrected chi connectivity index (χ2v) is 5.51. The molecule has 124 valence electrons. The van der Waals surface area contributed by atoms with Crippen molar-refractivity contribution in [3.05, 3.63) is 30.1 Å². The van der Waals surface area contributed by atoms with Gasteiger partial charge in [0.15, 0.2) is 0 Å². The fraction of sp³-hybridized carbons (Fsp3) is 0.467. The highest BCUT2D eigenvalue weighted by atomic mass is 35.5. The van der Waals surface area contributed by atoms with Gasteiger partial charge < -0.3 is 16.0 Å². The molecular formula is C15H24Cl2N4O. The lowest BCUT2D eigenvalue weighted by atomic mass is 10.0. The molecule has 5 nitrogen and oxygen atoms in total. The predicted octanol–water partition coefficient (Wildman–Crippen LogP) is 2.81. The van der Waals surface area contributed by atoms with E-state index in [0.29, 0.717) is 6.54 Å². The van der Waals surface area contributed by atoms with Gasteiger partial charge in [-0.1, -0.05) is 32.9 Å². The van der Waals surface area contributed by atoms with Gasteiger partial charge in [-0.15, -0.1) is 24.8 Å². The highest BCUT2D eigenvalue weighted by Gasteiger charge is 2.23. The number of aromatic nitrogens is 2. The summed E-state index contributed by atoms with van der Waals surface area (Å²) >= 11 is 0. The molecule has 0 saturated carbocycles. The summed E-state index contributed by atoms with van der Waals surface area (Å²) in [5.74, 6) is 0.801. The zero-order chi connectivity index (χ0) is 14.7. The Labute approximate surface area is 143 Å². The van der Waals surface area contributed by atoms with Gasteiger partial charge in [-0.25, -0.2) is 4.98 Å². The van der Waals surface area contributed by atoms with Crippen molar-refractivity contribution in [3.8, 4) is 0 Å². The largest absolute Gasteiger partial charge is 0.346 e. The Kier molecular flexibility index (Phi) is 8.45. The third kappa shape index (κ3) is 4.60. The zero-order valence-corrected chi connectivity index (χ0v) is 14.6. The summed E-state index contributed by atoms with van der Waals surface area (Å²) < 4.78 is 0. The fourth-order valence-electron chi connectivity index (χ4n) is 2.07. The molecule has 0 bridgehead atoms. The molecule has 22 heavy (non-hydrogen) atoms. The number of nitrogens with two attached hydrogens (primary N) is 1. The molecule has 0 spiro atoms.